The first-order chi connectivity index (χ1) is 12.2. The SMILES string of the molecule is CCCCCCCCc1ccc(Nc2nc(NN)cc(NN)n2)cc1. The van der Waals surface area contributed by atoms with Gasteiger partial charge in [-0.3, -0.25) is 0 Å². The van der Waals surface area contributed by atoms with Crippen LogP contribution in [0.25, 0.3) is 0 Å². The summed E-state index contributed by atoms with van der Waals surface area (Å²) in [6.07, 6.45) is 9.02. The fourth-order valence-electron chi connectivity index (χ4n) is 2.64. The van der Waals surface area contributed by atoms with Crippen LogP contribution < -0.4 is 27.9 Å². The van der Waals surface area contributed by atoms with Crippen molar-refractivity contribution in [1.82, 2.24) is 9.97 Å². The standard InChI is InChI=1S/C18H29N7/c1-2-3-4-5-6-7-8-14-9-11-15(12-10-14)21-18-22-16(24-19)13-17(23-18)25-20/h9-13H,2-8,19-20H2,1H3,(H3,21,22,23,24,25). The monoisotopic (exact) mass is 343 g/mol. The van der Waals surface area contributed by atoms with Crippen molar-refractivity contribution < 1.29 is 0 Å². The third kappa shape index (κ3) is 6.56. The minimum atomic E-state index is 0.423. The molecule has 7 N–H and O–H groups in total. The highest BCUT2D eigenvalue weighted by molar-refractivity contribution is 5.58. The summed E-state index contributed by atoms with van der Waals surface area (Å²) in [5.41, 5.74) is 7.25. The molecule has 1 heterocycles. The maximum Gasteiger partial charge on any atom is 0.231 e. The molecule has 0 bridgehead atoms. The largest absolute Gasteiger partial charge is 0.324 e. The molecule has 0 saturated carbocycles. The van der Waals surface area contributed by atoms with Gasteiger partial charge in [0.25, 0.3) is 0 Å². The van der Waals surface area contributed by atoms with E-state index in [9.17, 15) is 0 Å². The number of hydrazine groups is 2. The second-order valence-corrected chi connectivity index (χ2v) is 6.09. The van der Waals surface area contributed by atoms with E-state index < -0.39 is 0 Å². The topological polar surface area (TPSA) is 114 Å². The number of rotatable bonds is 11. The van der Waals surface area contributed by atoms with E-state index in [2.05, 4.69) is 45.2 Å². The zero-order valence-electron chi connectivity index (χ0n) is 14.9. The molecule has 0 amide bonds. The molecule has 2 aromatic rings. The van der Waals surface area contributed by atoms with Crippen molar-refractivity contribution in [3.63, 3.8) is 0 Å². The average Bonchev–Trinajstić information content (AvgIpc) is 2.65. The fourth-order valence-corrected chi connectivity index (χ4v) is 2.64. The molecule has 0 aliphatic heterocycles. The highest BCUT2D eigenvalue weighted by atomic mass is 15.3. The lowest BCUT2D eigenvalue weighted by molar-refractivity contribution is 0.607. The number of benzene rings is 1. The maximum atomic E-state index is 5.40. The number of aromatic nitrogens is 2. The predicted molar refractivity (Wildman–Crippen MR) is 104 cm³/mol. The Hall–Kier alpha value is -2.38. The van der Waals surface area contributed by atoms with Gasteiger partial charge in [0, 0.05) is 11.8 Å². The lowest BCUT2D eigenvalue weighted by Gasteiger charge is -2.09. The Kier molecular flexibility index (Phi) is 7.94. The van der Waals surface area contributed by atoms with Crippen LogP contribution in [0.15, 0.2) is 30.3 Å². The van der Waals surface area contributed by atoms with E-state index in [0.717, 1.165) is 12.1 Å². The number of nitrogens with one attached hydrogen (secondary N) is 3. The van der Waals surface area contributed by atoms with Gasteiger partial charge < -0.3 is 16.2 Å². The van der Waals surface area contributed by atoms with Gasteiger partial charge in [0.1, 0.15) is 11.6 Å². The molecule has 25 heavy (non-hydrogen) atoms. The molecule has 0 aliphatic carbocycles. The molecular weight excluding hydrogens is 314 g/mol. The number of unbranched alkanes of at least 4 members (excludes halogenated alkanes) is 5. The van der Waals surface area contributed by atoms with Crippen molar-refractivity contribution in [3.05, 3.63) is 35.9 Å². The van der Waals surface area contributed by atoms with Gasteiger partial charge in [0.2, 0.25) is 5.95 Å². The van der Waals surface area contributed by atoms with Crippen LogP contribution in [0.4, 0.5) is 23.3 Å². The molecule has 0 aliphatic rings. The van der Waals surface area contributed by atoms with Crippen molar-refractivity contribution >= 4 is 23.3 Å². The van der Waals surface area contributed by atoms with Crippen molar-refractivity contribution in [2.24, 2.45) is 11.7 Å². The smallest absolute Gasteiger partial charge is 0.231 e. The molecule has 0 saturated heterocycles. The van der Waals surface area contributed by atoms with E-state index in [1.165, 1.54) is 44.1 Å². The number of hydrogen-bond donors (Lipinski definition) is 5. The van der Waals surface area contributed by atoms with Crippen LogP contribution in [0.5, 0.6) is 0 Å². The molecule has 7 heteroatoms. The van der Waals surface area contributed by atoms with Gasteiger partial charge in [-0.25, -0.2) is 11.7 Å². The number of aryl methyl sites for hydroxylation is 1. The second-order valence-electron chi connectivity index (χ2n) is 6.09. The van der Waals surface area contributed by atoms with Crippen molar-refractivity contribution in [2.45, 2.75) is 51.9 Å². The molecule has 0 spiro atoms. The van der Waals surface area contributed by atoms with E-state index in [-0.39, 0.29) is 0 Å². The second kappa shape index (κ2) is 10.5. The van der Waals surface area contributed by atoms with Gasteiger partial charge in [0.15, 0.2) is 0 Å². The minimum absolute atomic E-state index is 0.423. The molecule has 7 nitrogen and oxygen atoms in total. The van der Waals surface area contributed by atoms with Crippen LogP contribution in [0.3, 0.4) is 0 Å². The Bertz CT molecular complexity index is 606. The summed E-state index contributed by atoms with van der Waals surface area (Å²) in [5.74, 6) is 12.2. The van der Waals surface area contributed by atoms with Crippen LogP contribution in [-0.2, 0) is 6.42 Å². The number of hydrogen-bond acceptors (Lipinski definition) is 7. The molecular formula is C18H29N7. The molecule has 0 fully saturated rings. The van der Waals surface area contributed by atoms with Crippen LogP contribution in [0.2, 0.25) is 0 Å². The molecule has 1 aromatic heterocycles. The number of nitrogens with zero attached hydrogens (tertiary/aromatic N) is 2. The summed E-state index contributed by atoms with van der Waals surface area (Å²) in [6, 6.07) is 9.97. The minimum Gasteiger partial charge on any atom is -0.324 e. The number of nitrogen functional groups attached to an aromatic ring is 2. The van der Waals surface area contributed by atoms with E-state index in [4.69, 9.17) is 11.7 Å². The van der Waals surface area contributed by atoms with E-state index in [1.54, 1.807) is 6.07 Å². The summed E-state index contributed by atoms with van der Waals surface area (Å²) >= 11 is 0. The van der Waals surface area contributed by atoms with Gasteiger partial charge >= 0.3 is 0 Å². The van der Waals surface area contributed by atoms with E-state index in [0.29, 0.717) is 17.6 Å². The summed E-state index contributed by atoms with van der Waals surface area (Å²) < 4.78 is 0. The Morgan fingerprint density at radius 3 is 2.04 bits per heavy atom. The molecule has 0 unspecified atom stereocenters. The van der Waals surface area contributed by atoms with Crippen molar-refractivity contribution in [1.29, 1.82) is 0 Å². The van der Waals surface area contributed by atoms with Gasteiger partial charge in [-0.1, -0.05) is 51.2 Å². The summed E-state index contributed by atoms with van der Waals surface area (Å²) in [7, 11) is 0. The molecule has 0 atom stereocenters. The highest BCUT2D eigenvalue weighted by Gasteiger charge is 2.04. The van der Waals surface area contributed by atoms with Crippen molar-refractivity contribution in [3.8, 4) is 0 Å². The first-order valence-corrected chi connectivity index (χ1v) is 8.93. The first-order valence-electron chi connectivity index (χ1n) is 8.93. The van der Waals surface area contributed by atoms with Crippen LogP contribution in [0, 0.1) is 0 Å². The summed E-state index contributed by atoms with van der Waals surface area (Å²) in [6.45, 7) is 2.25. The summed E-state index contributed by atoms with van der Waals surface area (Å²) in [4.78, 5) is 8.50. The van der Waals surface area contributed by atoms with Gasteiger partial charge in [-0.05, 0) is 30.5 Å². The van der Waals surface area contributed by atoms with Crippen LogP contribution in [-0.4, -0.2) is 9.97 Å². The van der Waals surface area contributed by atoms with Crippen LogP contribution in [0.1, 0.15) is 51.0 Å². The number of anilines is 4. The van der Waals surface area contributed by atoms with Gasteiger partial charge in [-0.2, -0.15) is 9.97 Å². The van der Waals surface area contributed by atoms with Gasteiger partial charge in [-0.15, -0.1) is 0 Å². The Balaban J connectivity index is 1.86. The summed E-state index contributed by atoms with van der Waals surface area (Å²) in [5, 5.41) is 3.16. The molecule has 2 rings (SSSR count). The molecule has 1 aromatic carbocycles. The van der Waals surface area contributed by atoms with E-state index in [1.807, 2.05) is 12.1 Å². The Labute approximate surface area is 149 Å². The normalized spacial score (nSPS) is 10.5. The average molecular weight is 343 g/mol. The zero-order chi connectivity index (χ0) is 17.9. The first kappa shape index (κ1) is 19.0. The Morgan fingerprint density at radius 2 is 1.44 bits per heavy atom. The van der Waals surface area contributed by atoms with Crippen LogP contribution >= 0.6 is 0 Å². The molecule has 0 radical (unpaired) electrons. The zero-order valence-corrected chi connectivity index (χ0v) is 14.9. The third-order valence-corrected chi connectivity index (χ3v) is 4.05. The lowest BCUT2D eigenvalue weighted by Crippen LogP contribution is -2.14. The van der Waals surface area contributed by atoms with Crippen molar-refractivity contribution in [2.75, 3.05) is 16.2 Å². The lowest BCUT2D eigenvalue weighted by atomic mass is 10.0. The predicted octanol–water partition coefficient (Wildman–Crippen LogP) is 3.69. The maximum absolute atomic E-state index is 5.40. The number of nitrogens with two attached hydrogens (primary N) is 2. The Morgan fingerprint density at radius 1 is 0.840 bits per heavy atom. The van der Waals surface area contributed by atoms with E-state index >= 15 is 0 Å². The third-order valence-electron chi connectivity index (χ3n) is 4.05. The quantitative estimate of drug-likeness (QED) is 0.240. The fraction of sp³-hybridized carbons (Fsp3) is 0.444. The highest BCUT2D eigenvalue weighted by Crippen LogP contribution is 2.19. The molecule has 136 valence electrons. The van der Waals surface area contributed by atoms with Gasteiger partial charge in [0.05, 0.1) is 0 Å².